The lowest BCUT2D eigenvalue weighted by atomic mass is 9.81. The lowest BCUT2D eigenvalue weighted by Gasteiger charge is -2.38. The first-order valence-corrected chi connectivity index (χ1v) is 9.50. The number of hydrogen-bond acceptors (Lipinski definition) is 8. The number of rotatable bonds is 7. The third kappa shape index (κ3) is 4.15. The molecular formula is C20H31NO7. The van der Waals surface area contributed by atoms with Gasteiger partial charge in [-0.15, -0.1) is 0 Å². The van der Waals surface area contributed by atoms with E-state index >= 15 is 0 Å². The molecule has 0 aromatic carbocycles. The second kappa shape index (κ2) is 8.32. The fraction of sp³-hybridized carbons (Fsp3) is 0.700. The van der Waals surface area contributed by atoms with E-state index < -0.39 is 23.3 Å². The van der Waals surface area contributed by atoms with Crippen LogP contribution in [0.15, 0.2) is 23.3 Å². The summed E-state index contributed by atoms with van der Waals surface area (Å²) >= 11 is 0. The Balaban J connectivity index is 2.06. The van der Waals surface area contributed by atoms with E-state index in [0.717, 1.165) is 12.1 Å². The van der Waals surface area contributed by atoms with Gasteiger partial charge in [0.25, 0.3) is 0 Å². The van der Waals surface area contributed by atoms with E-state index in [9.17, 15) is 24.9 Å². The molecule has 8 nitrogen and oxygen atoms in total. The van der Waals surface area contributed by atoms with Crippen LogP contribution in [0.2, 0.25) is 0 Å². The molecule has 3 N–H and O–H groups in total. The Kier molecular flexibility index (Phi) is 6.70. The van der Waals surface area contributed by atoms with Gasteiger partial charge in [0.1, 0.15) is 18.3 Å². The van der Waals surface area contributed by atoms with Crippen molar-refractivity contribution >= 4 is 11.9 Å². The minimum absolute atomic E-state index is 0.123. The minimum atomic E-state index is -2.46. The summed E-state index contributed by atoms with van der Waals surface area (Å²) in [6.45, 7) is 8.42. The molecule has 2 aliphatic heterocycles. The normalized spacial score (nSPS) is 26.3. The maximum Gasteiger partial charge on any atom is 0.344 e. The van der Waals surface area contributed by atoms with Crippen molar-refractivity contribution in [1.82, 2.24) is 4.90 Å². The highest BCUT2D eigenvalue weighted by molar-refractivity contribution is 5.87. The average Bonchev–Trinajstić information content (AvgIpc) is 3.20. The van der Waals surface area contributed by atoms with E-state index in [1.165, 1.54) is 20.8 Å². The fourth-order valence-corrected chi connectivity index (χ4v) is 3.66. The van der Waals surface area contributed by atoms with E-state index in [4.69, 9.17) is 9.47 Å². The van der Waals surface area contributed by atoms with Crippen LogP contribution in [0.4, 0.5) is 0 Å². The van der Waals surface area contributed by atoms with Gasteiger partial charge in [0.05, 0.1) is 12.1 Å². The molecule has 158 valence electrons. The molecule has 0 bridgehead atoms. The molecule has 4 atom stereocenters. The van der Waals surface area contributed by atoms with Gasteiger partial charge in [-0.2, -0.15) is 0 Å². The Morgan fingerprint density at radius 1 is 1.39 bits per heavy atom. The van der Waals surface area contributed by atoms with Gasteiger partial charge >= 0.3 is 11.9 Å². The van der Waals surface area contributed by atoms with Crippen LogP contribution in [0.3, 0.4) is 0 Å². The van der Waals surface area contributed by atoms with Crippen LogP contribution in [0.5, 0.6) is 0 Å². The van der Waals surface area contributed by atoms with Gasteiger partial charge in [-0.3, -0.25) is 4.90 Å². The highest BCUT2D eigenvalue weighted by atomic mass is 16.6. The zero-order valence-corrected chi connectivity index (χ0v) is 17.1. The van der Waals surface area contributed by atoms with Crippen LogP contribution in [-0.2, 0) is 19.1 Å². The smallest absolute Gasteiger partial charge is 0.344 e. The number of nitrogens with zero attached hydrogens (tertiary/aromatic N) is 1. The third-order valence-corrected chi connectivity index (χ3v) is 5.65. The van der Waals surface area contributed by atoms with Gasteiger partial charge in [-0.1, -0.05) is 12.2 Å². The first-order chi connectivity index (χ1) is 12.9. The van der Waals surface area contributed by atoms with Crippen molar-refractivity contribution < 1.29 is 34.4 Å². The average molecular weight is 397 g/mol. The molecule has 1 saturated heterocycles. The molecule has 0 radical (unpaired) electrons. The molecule has 0 amide bonds. The van der Waals surface area contributed by atoms with Crippen molar-refractivity contribution in [1.29, 1.82) is 0 Å². The summed E-state index contributed by atoms with van der Waals surface area (Å²) in [6, 6.07) is -0.191. The predicted octanol–water partition coefficient (Wildman–Crippen LogP) is 0.305. The molecule has 1 fully saturated rings. The van der Waals surface area contributed by atoms with E-state index in [1.807, 2.05) is 6.08 Å². The Labute approximate surface area is 165 Å². The van der Waals surface area contributed by atoms with E-state index in [2.05, 4.69) is 4.90 Å². The molecule has 2 aliphatic rings. The van der Waals surface area contributed by atoms with Crippen LogP contribution in [0.25, 0.3) is 0 Å². The first kappa shape index (κ1) is 22.5. The van der Waals surface area contributed by atoms with E-state index in [1.54, 1.807) is 19.9 Å². The first-order valence-electron chi connectivity index (χ1n) is 9.50. The number of carbonyl (C=O) groups is 2. The molecule has 2 heterocycles. The number of allylic oxidation sites excluding steroid dienone is 1. The van der Waals surface area contributed by atoms with Gasteiger partial charge in [-0.05, 0) is 46.6 Å². The number of aliphatic hydroxyl groups is 3. The molecule has 0 saturated carbocycles. The third-order valence-electron chi connectivity index (χ3n) is 5.65. The summed E-state index contributed by atoms with van der Waals surface area (Å²) < 4.78 is 10.9. The summed E-state index contributed by atoms with van der Waals surface area (Å²) in [6.07, 6.45) is 2.40. The molecule has 28 heavy (non-hydrogen) atoms. The van der Waals surface area contributed by atoms with Crippen molar-refractivity contribution in [2.75, 3.05) is 19.7 Å². The fourth-order valence-electron chi connectivity index (χ4n) is 3.66. The second-order valence-corrected chi connectivity index (χ2v) is 8.00. The van der Waals surface area contributed by atoms with Gasteiger partial charge in [-0.25, -0.2) is 9.59 Å². The molecule has 0 unspecified atom stereocenters. The van der Waals surface area contributed by atoms with E-state index in [0.29, 0.717) is 18.5 Å². The quantitative estimate of drug-likeness (QED) is 0.319. The van der Waals surface area contributed by atoms with Crippen molar-refractivity contribution in [2.24, 2.45) is 0 Å². The van der Waals surface area contributed by atoms with Gasteiger partial charge in [0, 0.05) is 18.7 Å². The monoisotopic (exact) mass is 397 g/mol. The lowest BCUT2D eigenvalue weighted by molar-refractivity contribution is -0.213. The Morgan fingerprint density at radius 2 is 2.04 bits per heavy atom. The summed E-state index contributed by atoms with van der Waals surface area (Å²) in [5, 5.41) is 30.5. The maximum absolute atomic E-state index is 12.5. The number of hydrogen-bond donors (Lipinski definition) is 3. The summed E-state index contributed by atoms with van der Waals surface area (Å²) in [5.74, 6) is -1.48. The SMILES string of the molecule is C/C=C(/C)C(=O)O[C@H]1CCN2CC=C(COC(=O)[C@@](O)([C@@H](C)O)C(C)(C)O)[C@H]12. The molecular weight excluding hydrogens is 366 g/mol. The molecule has 0 spiro atoms. The van der Waals surface area contributed by atoms with Gasteiger partial charge in [0.2, 0.25) is 5.60 Å². The molecule has 0 aromatic heterocycles. The number of carbonyl (C=O) groups excluding carboxylic acids is 2. The highest BCUT2D eigenvalue weighted by Crippen LogP contribution is 2.33. The minimum Gasteiger partial charge on any atom is -0.459 e. The Morgan fingerprint density at radius 3 is 2.57 bits per heavy atom. The van der Waals surface area contributed by atoms with Gasteiger partial charge in [0.15, 0.2) is 0 Å². The molecule has 2 rings (SSSR count). The Hall–Kier alpha value is -1.74. The molecule has 0 aliphatic carbocycles. The number of ether oxygens (including phenoxy) is 2. The van der Waals surface area contributed by atoms with Crippen molar-refractivity contribution in [3.63, 3.8) is 0 Å². The van der Waals surface area contributed by atoms with Crippen molar-refractivity contribution in [2.45, 2.75) is 70.5 Å². The van der Waals surface area contributed by atoms with E-state index in [-0.39, 0.29) is 24.7 Å². The zero-order chi connectivity index (χ0) is 21.3. The highest BCUT2D eigenvalue weighted by Gasteiger charge is 2.54. The maximum atomic E-state index is 12.5. The largest absolute Gasteiger partial charge is 0.459 e. The van der Waals surface area contributed by atoms with Gasteiger partial charge < -0.3 is 24.8 Å². The number of aliphatic hydroxyl groups excluding tert-OH is 1. The van der Waals surface area contributed by atoms with Crippen LogP contribution >= 0.6 is 0 Å². The van der Waals surface area contributed by atoms with Crippen LogP contribution < -0.4 is 0 Å². The zero-order valence-electron chi connectivity index (χ0n) is 17.1. The second-order valence-electron chi connectivity index (χ2n) is 8.00. The topological polar surface area (TPSA) is 117 Å². The summed E-state index contributed by atoms with van der Waals surface area (Å²) in [7, 11) is 0. The summed E-state index contributed by atoms with van der Waals surface area (Å²) in [4.78, 5) is 26.7. The summed E-state index contributed by atoms with van der Waals surface area (Å²) in [5.41, 5.74) is -3.06. The van der Waals surface area contributed by atoms with Crippen molar-refractivity contribution in [3.05, 3.63) is 23.3 Å². The Bertz CT molecular complexity index is 677. The standard InChI is InChI=1S/C20H31NO7/c1-6-12(2)17(23)28-15-8-10-21-9-7-14(16(15)21)11-27-18(24)20(26,13(3)22)19(4,5)25/h6-7,13,15-16,22,25-26H,8-11H2,1-5H3/b12-6-/t13-,15+,16-,20+/m1/s1. The number of esters is 2. The molecule has 0 aromatic rings. The van der Waals surface area contributed by atoms with Crippen LogP contribution in [0, 0.1) is 0 Å². The van der Waals surface area contributed by atoms with Crippen molar-refractivity contribution in [3.8, 4) is 0 Å². The number of fused-ring (bicyclic) bond motifs is 1. The predicted molar refractivity (Wildman–Crippen MR) is 101 cm³/mol. The lowest BCUT2D eigenvalue weighted by Crippen LogP contribution is -2.63. The van der Waals surface area contributed by atoms with Crippen LogP contribution in [0.1, 0.15) is 41.0 Å². The van der Waals surface area contributed by atoms with Crippen LogP contribution in [-0.4, -0.2) is 81.3 Å². The molecule has 8 heteroatoms.